The van der Waals surface area contributed by atoms with E-state index < -0.39 is 0 Å². The van der Waals surface area contributed by atoms with Gasteiger partial charge >= 0.3 is 0 Å². The van der Waals surface area contributed by atoms with Crippen LogP contribution in [0.25, 0.3) is 0 Å². The number of benzene rings is 2. The van der Waals surface area contributed by atoms with E-state index in [-0.39, 0.29) is 5.91 Å². The number of hydrogen-bond donors (Lipinski definition) is 1. The average Bonchev–Trinajstić information content (AvgIpc) is 2.68. The number of nitrogens with one attached hydrogen (secondary N) is 1. The first-order valence-corrected chi connectivity index (χ1v) is 8.25. The number of hydrazone groups is 1. The molecule has 0 radical (unpaired) electrons. The molecule has 1 aliphatic heterocycles. The normalized spacial score (nSPS) is 12.7. The van der Waals surface area contributed by atoms with Crippen molar-refractivity contribution in [1.29, 1.82) is 0 Å². The Morgan fingerprint density at radius 2 is 2.00 bits per heavy atom. The predicted molar refractivity (Wildman–Crippen MR) is 96.7 cm³/mol. The summed E-state index contributed by atoms with van der Waals surface area (Å²) >= 11 is 0. The van der Waals surface area contributed by atoms with Crippen LogP contribution in [0.2, 0.25) is 0 Å². The summed E-state index contributed by atoms with van der Waals surface area (Å²) in [6, 6.07) is 10.4. The molecule has 7 heteroatoms. The van der Waals surface area contributed by atoms with Gasteiger partial charge < -0.3 is 18.9 Å². The van der Waals surface area contributed by atoms with Gasteiger partial charge in [-0.05, 0) is 43.3 Å². The Labute approximate surface area is 151 Å². The molecule has 136 valence electrons. The monoisotopic (exact) mass is 356 g/mol. The van der Waals surface area contributed by atoms with Crippen molar-refractivity contribution < 1.29 is 23.7 Å². The van der Waals surface area contributed by atoms with Gasteiger partial charge in [-0.15, -0.1) is 0 Å². The zero-order valence-corrected chi connectivity index (χ0v) is 14.7. The van der Waals surface area contributed by atoms with Crippen LogP contribution in [0.3, 0.4) is 0 Å². The molecule has 1 aliphatic rings. The summed E-state index contributed by atoms with van der Waals surface area (Å²) in [7, 11) is 1.56. The molecule has 2 aromatic carbocycles. The molecular formula is C19H20N2O5. The molecule has 0 saturated carbocycles. The summed E-state index contributed by atoms with van der Waals surface area (Å²) in [6.45, 7) is 3.44. The van der Waals surface area contributed by atoms with Crippen molar-refractivity contribution >= 4 is 12.1 Å². The number of carbonyl (C=O) groups is 1. The zero-order valence-electron chi connectivity index (χ0n) is 14.7. The number of carbonyl (C=O) groups excluding carboxylic acids is 1. The SMILES string of the molecule is CCOc1ccc(C(=O)N/N=C\c2cc(OC)c3c(c2)OCCO3)cc1. The highest BCUT2D eigenvalue weighted by atomic mass is 16.6. The van der Waals surface area contributed by atoms with Gasteiger partial charge in [0.25, 0.3) is 5.91 Å². The largest absolute Gasteiger partial charge is 0.494 e. The molecule has 1 heterocycles. The second kappa shape index (κ2) is 8.24. The summed E-state index contributed by atoms with van der Waals surface area (Å²) in [5.74, 6) is 2.13. The van der Waals surface area contributed by atoms with Crippen LogP contribution >= 0.6 is 0 Å². The molecule has 26 heavy (non-hydrogen) atoms. The van der Waals surface area contributed by atoms with E-state index in [4.69, 9.17) is 18.9 Å². The summed E-state index contributed by atoms with van der Waals surface area (Å²) < 4.78 is 21.8. The highest BCUT2D eigenvalue weighted by Crippen LogP contribution is 2.39. The predicted octanol–water partition coefficient (Wildman–Crippen LogP) is 2.63. The maximum atomic E-state index is 12.1. The highest BCUT2D eigenvalue weighted by Gasteiger charge is 2.18. The van der Waals surface area contributed by atoms with Crippen LogP contribution in [0.5, 0.6) is 23.0 Å². The van der Waals surface area contributed by atoms with E-state index in [1.54, 1.807) is 43.5 Å². The van der Waals surface area contributed by atoms with Crippen molar-refractivity contribution in [2.75, 3.05) is 26.9 Å². The van der Waals surface area contributed by atoms with Crippen molar-refractivity contribution in [1.82, 2.24) is 5.43 Å². The lowest BCUT2D eigenvalue weighted by molar-refractivity contribution is 0.0955. The van der Waals surface area contributed by atoms with Crippen LogP contribution in [-0.2, 0) is 0 Å². The van der Waals surface area contributed by atoms with Crippen LogP contribution in [0.1, 0.15) is 22.8 Å². The Hall–Kier alpha value is -3.22. The lowest BCUT2D eigenvalue weighted by Gasteiger charge is -2.20. The Bertz CT molecular complexity index is 785. The first-order valence-electron chi connectivity index (χ1n) is 8.25. The molecule has 0 spiro atoms. The van der Waals surface area contributed by atoms with Gasteiger partial charge in [0.15, 0.2) is 11.5 Å². The molecular weight excluding hydrogens is 336 g/mol. The lowest BCUT2D eigenvalue weighted by Crippen LogP contribution is -2.18. The van der Waals surface area contributed by atoms with Crippen LogP contribution in [0, 0.1) is 0 Å². The van der Waals surface area contributed by atoms with E-state index in [0.29, 0.717) is 42.6 Å². The fourth-order valence-electron chi connectivity index (χ4n) is 2.47. The van der Waals surface area contributed by atoms with Crippen molar-refractivity contribution in [2.24, 2.45) is 5.10 Å². The minimum absolute atomic E-state index is 0.311. The minimum Gasteiger partial charge on any atom is -0.494 e. The zero-order chi connectivity index (χ0) is 18.4. The second-order valence-electron chi connectivity index (χ2n) is 5.40. The number of amides is 1. The molecule has 0 unspecified atom stereocenters. The molecule has 0 bridgehead atoms. The molecule has 0 saturated heterocycles. The number of ether oxygens (including phenoxy) is 4. The summed E-state index contributed by atoms with van der Waals surface area (Å²) in [5.41, 5.74) is 3.70. The Morgan fingerprint density at radius 1 is 1.23 bits per heavy atom. The topological polar surface area (TPSA) is 78.4 Å². The number of hydrogen-bond acceptors (Lipinski definition) is 6. The van der Waals surface area contributed by atoms with E-state index in [0.717, 1.165) is 11.3 Å². The molecule has 0 fully saturated rings. The third-order valence-electron chi connectivity index (χ3n) is 3.66. The Balaban J connectivity index is 1.67. The summed E-state index contributed by atoms with van der Waals surface area (Å²) in [6.07, 6.45) is 1.52. The van der Waals surface area contributed by atoms with E-state index in [2.05, 4.69) is 10.5 Å². The Kier molecular flexibility index (Phi) is 5.58. The highest BCUT2D eigenvalue weighted by molar-refractivity contribution is 5.95. The van der Waals surface area contributed by atoms with Crippen molar-refractivity contribution in [3.63, 3.8) is 0 Å². The standard InChI is InChI=1S/C19H20N2O5/c1-3-24-15-6-4-14(5-7-15)19(22)21-20-12-13-10-16(23-2)18-17(11-13)25-8-9-26-18/h4-7,10-12H,3,8-9H2,1-2H3,(H,21,22)/b20-12-. The lowest BCUT2D eigenvalue weighted by atomic mass is 10.2. The molecule has 2 aromatic rings. The second-order valence-corrected chi connectivity index (χ2v) is 5.40. The molecule has 0 aliphatic carbocycles. The van der Waals surface area contributed by atoms with E-state index in [1.807, 2.05) is 6.92 Å². The molecule has 0 aromatic heterocycles. The smallest absolute Gasteiger partial charge is 0.271 e. The molecule has 0 atom stereocenters. The van der Waals surface area contributed by atoms with Crippen molar-refractivity contribution in [3.8, 4) is 23.0 Å². The molecule has 1 amide bonds. The van der Waals surface area contributed by atoms with Gasteiger partial charge in [-0.25, -0.2) is 5.43 Å². The third kappa shape index (κ3) is 4.05. The molecule has 1 N–H and O–H groups in total. The number of rotatable bonds is 6. The van der Waals surface area contributed by atoms with Gasteiger partial charge in [0, 0.05) is 11.1 Å². The summed E-state index contributed by atoms with van der Waals surface area (Å²) in [5, 5.41) is 3.99. The average molecular weight is 356 g/mol. The number of fused-ring (bicyclic) bond motifs is 1. The van der Waals surface area contributed by atoms with Gasteiger partial charge in [-0.2, -0.15) is 5.10 Å². The van der Waals surface area contributed by atoms with Crippen molar-refractivity contribution in [2.45, 2.75) is 6.92 Å². The first kappa shape index (κ1) is 17.6. The molecule has 3 rings (SSSR count). The van der Waals surface area contributed by atoms with Gasteiger partial charge in [0.1, 0.15) is 19.0 Å². The molecule has 7 nitrogen and oxygen atoms in total. The Morgan fingerprint density at radius 3 is 2.73 bits per heavy atom. The van der Waals surface area contributed by atoms with Crippen LogP contribution < -0.4 is 24.4 Å². The van der Waals surface area contributed by atoms with Crippen LogP contribution in [0.4, 0.5) is 0 Å². The fraction of sp³-hybridized carbons (Fsp3) is 0.263. The van der Waals surface area contributed by atoms with Crippen LogP contribution in [-0.4, -0.2) is 39.1 Å². The maximum absolute atomic E-state index is 12.1. The number of nitrogens with zero attached hydrogens (tertiary/aromatic N) is 1. The third-order valence-corrected chi connectivity index (χ3v) is 3.66. The summed E-state index contributed by atoms with van der Waals surface area (Å²) in [4.78, 5) is 12.1. The van der Waals surface area contributed by atoms with Gasteiger partial charge in [0.2, 0.25) is 5.75 Å². The van der Waals surface area contributed by atoms with E-state index in [9.17, 15) is 4.79 Å². The van der Waals surface area contributed by atoms with E-state index >= 15 is 0 Å². The number of methoxy groups -OCH3 is 1. The quantitative estimate of drug-likeness (QED) is 0.636. The minimum atomic E-state index is -0.311. The van der Waals surface area contributed by atoms with E-state index in [1.165, 1.54) is 6.21 Å². The van der Waals surface area contributed by atoms with Gasteiger partial charge in [-0.3, -0.25) is 4.79 Å². The van der Waals surface area contributed by atoms with Crippen molar-refractivity contribution in [3.05, 3.63) is 47.5 Å². The van der Waals surface area contributed by atoms with Crippen LogP contribution in [0.15, 0.2) is 41.5 Å². The maximum Gasteiger partial charge on any atom is 0.271 e. The fourth-order valence-corrected chi connectivity index (χ4v) is 2.47. The van der Waals surface area contributed by atoms with Gasteiger partial charge in [-0.1, -0.05) is 0 Å². The first-order chi connectivity index (χ1) is 12.7. The van der Waals surface area contributed by atoms with Gasteiger partial charge in [0.05, 0.1) is 19.9 Å².